The molecule has 3 aliphatic heterocycles. The van der Waals surface area contributed by atoms with E-state index < -0.39 is 34.7 Å². The van der Waals surface area contributed by atoms with E-state index >= 15 is 0 Å². The van der Waals surface area contributed by atoms with Gasteiger partial charge in [-0.25, -0.2) is 13.2 Å². The molecule has 13 heteroatoms. The lowest BCUT2D eigenvalue weighted by atomic mass is 9.94. The smallest absolute Gasteiger partial charge is 0.265 e. The molecule has 3 aromatic carbocycles. The van der Waals surface area contributed by atoms with Crippen molar-refractivity contribution in [3.8, 4) is 16.2 Å². The number of halogens is 3. The predicted octanol–water partition coefficient (Wildman–Crippen LogP) is 7.35. The van der Waals surface area contributed by atoms with Crippen LogP contribution in [0.4, 0.5) is 24.5 Å². The second-order valence-electron chi connectivity index (χ2n) is 13.8. The summed E-state index contributed by atoms with van der Waals surface area (Å²) in [5, 5.41) is 8.79. The minimum absolute atomic E-state index is 0.200. The van der Waals surface area contributed by atoms with Crippen LogP contribution in [0, 0.1) is 17.5 Å². The molecule has 4 aliphatic rings. The summed E-state index contributed by atoms with van der Waals surface area (Å²) >= 11 is 1.11. The monoisotopic (exact) mass is 763 g/mol. The van der Waals surface area contributed by atoms with Gasteiger partial charge in [-0.15, -0.1) is 11.3 Å². The van der Waals surface area contributed by atoms with Gasteiger partial charge in [0.2, 0.25) is 0 Å². The van der Waals surface area contributed by atoms with Gasteiger partial charge in [-0.1, -0.05) is 30.3 Å². The number of dihydropyridines is 1. The Morgan fingerprint density at radius 2 is 1.67 bits per heavy atom. The Balaban J connectivity index is 0.989. The minimum atomic E-state index is -0.895. The molecule has 4 aromatic rings. The normalized spacial score (nSPS) is 19.1. The molecule has 3 amide bonds. The van der Waals surface area contributed by atoms with Crippen molar-refractivity contribution < 1.29 is 32.3 Å². The van der Waals surface area contributed by atoms with E-state index in [9.17, 15) is 27.6 Å². The number of nitrogens with one attached hydrogen (secondary N) is 3. The van der Waals surface area contributed by atoms with Gasteiger partial charge >= 0.3 is 0 Å². The number of rotatable bonds is 6. The second-order valence-corrected chi connectivity index (χ2v) is 14.8. The highest BCUT2D eigenvalue weighted by Gasteiger charge is 2.41. The number of para-hydroxylation sites is 2. The summed E-state index contributed by atoms with van der Waals surface area (Å²) in [5.41, 5.74) is 3.05. The Bertz CT molecular complexity index is 2350. The molecule has 0 saturated carbocycles. The number of carbonyl (C=O) groups excluding carboxylic acids is 3. The van der Waals surface area contributed by atoms with Gasteiger partial charge in [0.25, 0.3) is 17.7 Å². The number of carbonyl (C=O) groups is 3. The number of amides is 3. The van der Waals surface area contributed by atoms with Gasteiger partial charge in [0.1, 0.15) is 41.2 Å². The average Bonchev–Trinajstić information content (AvgIpc) is 3.39. The Labute approximate surface area is 319 Å². The van der Waals surface area contributed by atoms with Crippen molar-refractivity contribution in [2.24, 2.45) is 0 Å². The fourth-order valence-corrected chi connectivity index (χ4v) is 8.54. The third-order valence-corrected chi connectivity index (χ3v) is 11.6. The van der Waals surface area contributed by atoms with Crippen molar-refractivity contribution in [1.29, 1.82) is 0 Å². The second kappa shape index (κ2) is 14.7. The predicted molar refractivity (Wildman–Crippen MR) is 205 cm³/mol. The minimum Gasteiger partial charge on any atom is -0.492 e. The number of anilines is 2. The number of benzene rings is 3. The Morgan fingerprint density at radius 1 is 0.855 bits per heavy atom. The van der Waals surface area contributed by atoms with Gasteiger partial charge in [-0.3, -0.25) is 19.3 Å². The van der Waals surface area contributed by atoms with E-state index in [2.05, 4.69) is 20.9 Å². The van der Waals surface area contributed by atoms with E-state index in [1.54, 1.807) is 35.3 Å². The molecule has 280 valence electrons. The van der Waals surface area contributed by atoms with Crippen LogP contribution in [0.25, 0.3) is 10.4 Å². The van der Waals surface area contributed by atoms with Crippen LogP contribution in [0.5, 0.6) is 5.75 Å². The van der Waals surface area contributed by atoms with E-state index in [0.29, 0.717) is 71.9 Å². The first-order valence-corrected chi connectivity index (χ1v) is 18.7. The molecule has 3 N–H and O–H groups in total. The fourth-order valence-electron chi connectivity index (χ4n) is 7.40. The summed E-state index contributed by atoms with van der Waals surface area (Å²) in [5.74, 6) is -2.72. The van der Waals surface area contributed by atoms with Gasteiger partial charge in [-0.2, -0.15) is 0 Å². The number of nitrogens with zero attached hydrogens (tertiary/aromatic N) is 2. The molecule has 9 nitrogen and oxygen atoms in total. The number of hydrogen-bond acceptors (Lipinski definition) is 7. The number of thiophene rings is 1. The van der Waals surface area contributed by atoms with E-state index in [0.717, 1.165) is 40.3 Å². The van der Waals surface area contributed by atoms with E-state index in [1.807, 2.05) is 43.5 Å². The molecule has 8 rings (SSSR count). The maximum absolute atomic E-state index is 14.8. The highest BCUT2D eigenvalue weighted by molar-refractivity contribution is 7.17. The van der Waals surface area contributed by atoms with Gasteiger partial charge in [0, 0.05) is 46.9 Å². The van der Waals surface area contributed by atoms with Gasteiger partial charge in [0.15, 0.2) is 0 Å². The molecule has 4 heterocycles. The molecule has 0 fully saturated rings. The topological polar surface area (TPSA) is 103 Å². The summed E-state index contributed by atoms with van der Waals surface area (Å²) in [4.78, 5) is 45.7. The van der Waals surface area contributed by atoms with Crippen LogP contribution in [-0.2, 0) is 22.6 Å². The standard InChI is InChI=1S/C42H36F3N5O4S/c1-42(49-20-21-54-35-10-3-2-6-27(35)24-49)31(7-5-18-46-42)39(51)47-29-14-11-25(12-15-29)41(53)50-19-17-26-22-36(40(52)48-37-32(44)8-4-9-33(37)45)55-38(26)30-16-13-28(43)23-34(30)50/h2-11,13-14,16,18,22-23,46H,12,15,17,19-21,24H2,1H3,(H,47,51)(H,48,52). The van der Waals surface area contributed by atoms with Crippen LogP contribution >= 0.6 is 11.3 Å². The van der Waals surface area contributed by atoms with Crippen LogP contribution in [0.15, 0.2) is 114 Å². The summed E-state index contributed by atoms with van der Waals surface area (Å²) in [6.45, 7) is 3.83. The summed E-state index contributed by atoms with van der Waals surface area (Å²) < 4.78 is 49.2. The third-order valence-electron chi connectivity index (χ3n) is 10.4. The summed E-state index contributed by atoms with van der Waals surface area (Å²) in [6, 6.07) is 17.0. The van der Waals surface area contributed by atoms with Crippen LogP contribution in [0.3, 0.4) is 0 Å². The number of allylic oxidation sites excluding steroid dienone is 5. The number of fused-ring (bicyclic) bond motifs is 4. The van der Waals surface area contributed by atoms with Crippen LogP contribution in [0.2, 0.25) is 0 Å². The first-order chi connectivity index (χ1) is 26.6. The average molecular weight is 764 g/mol. The van der Waals surface area contributed by atoms with E-state index in [1.165, 1.54) is 18.2 Å². The number of ether oxygens (including phenoxy) is 1. The molecule has 0 spiro atoms. The van der Waals surface area contributed by atoms with Gasteiger partial charge in [-0.05, 0) is 98.6 Å². The molecule has 55 heavy (non-hydrogen) atoms. The molecule has 0 radical (unpaired) electrons. The first-order valence-electron chi connectivity index (χ1n) is 17.9. The zero-order valence-corrected chi connectivity index (χ0v) is 30.6. The molecule has 1 unspecified atom stereocenters. The summed E-state index contributed by atoms with van der Waals surface area (Å²) in [6.07, 6.45) is 9.97. The first kappa shape index (κ1) is 36.1. The fraction of sp³-hybridized carbons (Fsp3) is 0.214. The van der Waals surface area contributed by atoms with Crippen molar-refractivity contribution in [2.75, 3.05) is 29.9 Å². The lowest BCUT2D eigenvalue weighted by Crippen LogP contribution is -2.59. The van der Waals surface area contributed by atoms with Crippen molar-refractivity contribution in [2.45, 2.75) is 38.4 Å². The zero-order valence-electron chi connectivity index (χ0n) is 29.8. The van der Waals surface area contributed by atoms with Crippen LogP contribution in [0.1, 0.15) is 40.6 Å². The number of hydrogen-bond donors (Lipinski definition) is 3. The lowest BCUT2D eigenvalue weighted by Gasteiger charge is -2.43. The maximum Gasteiger partial charge on any atom is 0.265 e. The van der Waals surface area contributed by atoms with Crippen LogP contribution < -0.4 is 25.6 Å². The molecule has 0 bridgehead atoms. The zero-order chi connectivity index (χ0) is 38.3. The van der Waals surface area contributed by atoms with Crippen molar-refractivity contribution in [1.82, 2.24) is 15.5 Å². The van der Waals surface area contributed by atoms with Gasteiger partial charge in [0.05, 0.1) is 16.1 Å². The molecule has 1 aromatic heterocycles. The van der Waals surface area contributed by atoms with Crippen LogP contribution in [-0.4, -0.2) is 48.0 Å². The van der Waals surface area contributed by atoms with E-state index in [-0.39, 0.29) is 23.2 Å². The highest BCUT2D eigenvalue weighted by Crippen LogP contribution is 2.43. The highest BCUT2D eigenvalue weighted by atomic mass is 32.1. The molecular weight excluding hydrogens is 728 g/mol. The van der Waals surface area contributed by atoms with Crippen molar-refractivity contribution in [3.63, 3.8) is 0 Å². The van der Waals surface area contributed by atoms with Crippen molar-refractivity contribution >= 4 is 40.4 Å². The molecule has 1 aliphatic carbocycles. The largest absolute Gasteiger partial charge is 0.492 e. The third kappa shape index (κ3) is 6.96. The molecular formula is C42H36F3N5O4S. The van der Waals surface area contributed by atoms with Crippen molar-refractivity contribution in [3.05, 3.63) is 148 Å². The Kier molecular flexibility index (Phi) is 9.66. The van der Waals surface area contributed by atoms with Gasteiger partial charge < -0.3 is 25.6 Å². The Hall–Kier alpha value is -5.92. The maximum atomic E-state index is 14.8. The summed E-state index contributed by atoms with van der Waals surface area (Å²) in [7, 11) is 0. The quantitative estimate of drug-likeness (QED) is 0.190. The lowest BCUT2D eigenvalue weighted by molar-refractivity contribution is -0.118. The molecule has 0 saturated heterocycles. The van der Waals surface area contributed by atoms with E-state index in [4.69, 9.17) is 4.74 Å². The Morgan fingerprint density at radius 3 is 2.47 bits per heavy atom. The molecule has 1 atom stereocenters. The SMILES string of the molecule is CC1(N2CCOc3ccccc3C2)NC=CC=C1C(=O)NC1=CC=C(C(=O)N2CCc3cc(C(=O)Nc4c(F)cccc4F)sc3-c3ccc(F)cc32)CC1.